The van der Waals surface area contributed by atoms with E-state index < -0.39 is 5.92 Å². The highest BCUT2D eigenvalue weighted by Gasteiger charge is 2.32. The minimum absolute atomic E-state index is 0.0629. The largest absolute Gasteiger partial charge is 0.457 e. The predicted octanol–water partition coefficient (Wildman–Crippen LogP) is 4.06. The quantitative estimate of drug-likeness (QED) is 0.761. The van der Waals surface area contributed by atoms with E-state index in [9.17, 15) is 9.90 Å². The van der Waals surface area contributed by atoms with Crippen LogP contribution in [0.2, 0.25) is 0 Å². The number of amides is 1. The van der Waals surface area contributed by atoms with Crippen LogP contribution >= 0.6 is 0 Å². The second-order valence-corrected chi connectivity index (χ2v) is 5.96. The summed E-state index contributed by atoms with van der Waals surface area (Å²) in [7, 11) is 0. The van der Waals surface area contributed by atoms with Crippen LogP contribution in [0.4, 0.5) is 5.69 Å². The molecule has 0 saturated carbocycles. The van der Waals surface area contributed by atoms with Gasteiger partial charge in [-0.3, -0.25) is 4.79 Å². The van der Waals surface area contributed by atoms with Gasteiger partial charge in [-0.25, -0.2) is 0 Å². The van der Waals surface area contributed by atoms with Crippen LogP contribution in [0.1, 0.15) is 22.6 Å². The van der Waals surface area contributed by atoms with E-state index in [-0.39, 0.29) is 12.5 Å². The summed E-state index contributed by atoms with van der Waals surface area (Å²) in [4.78, 5) is 13.1. The number of fused-ring (bicyclic) bond motifs is 2. The van der Waals surface area contributed by atoms with E-state index in [2.05, 4.69) is 5.32 Å². The molecule has 25 heavy (non-hydrogen) atoms. The average molecular weight is 331 g/mol. The van der Waals surface area contributed by atoms with Gasteiger partial charge in [0.15, 0.2) is 0 Å². The zero-order valence-corrected chi connectivity index (χ0v) is 13.5. The summed E-state index contributed by atoms with van der Waals surface area (Å²) in [6, 6.07) is 22.4. The van der Waals surface area contributed by atoms with Crippen molar-refractivity contribution in [1.82, 2.24) is 0 Å². The Bertz CT molecular complexity index is 890. The van der Waals surface area contributed by atoms with Crippen molar-refractivity contribution in [1.29, 1.82) is 0 Å². The van der Waals surface area contributed by atoms with E-state index in [1.54, 1.807) is 6.07 Å². The maximum atomic E-state index is 13.1. The van der Waals surface area contributed by atoms with Crippen LogP contribution in [0.5, 0.6) is 11.5 Å². The van der Waals surface area contributed by atoms with Crippen LogP contribution in [0.15, 0.2) is 72.8 Å². The Kier molecular flexibility index (Phi) is 3.96. The number of rotatable bonds is 3. The number of carbonyl (C=O) groups is 1. The maximum Gasteiger partial charge on any atom is 0.236 e. The molecule has 3 aromatic carbocycles. The number of hydrogen-bond acceptors (Lipinski definition) is 3. The SMILES string of the molecule is O=C(Nc1cccc(CO)c1)C1c2ccccc2Oc2ccccc21. The van der Waals surface area contributed by atoms with Gasteiger partial charge in [0.05, 0.1) is 12.5 Å². The van der Waals surface area contributed by atoms with Crippen LogP contribution in [0.25, 0.3) is 0 Å². The van der Waals surface area contributed by atoms with Gasteiger partial charge in [-0.15, -0.1) is 0 Å². The van der Waals surface area contributed by atoms with Gasteiger partial charge in [-0.2, -0.15) is 0 Å². The van der Waals surface area contributed by atoms with Crippen molar-refractivity contribution in [2.75, 3.05) is 5.32 Å². The first-order chi connectivity index (χ1) is 12.3. The first kappa shape index (κ1) is 15.4. The van der Waals surface area contributed by atoms with Crippen molar-refractivity contribution in [2.24, 2.45) is 0 Å². The third-order valence-electron chi connectivity index (χ3n) is 4.32. The summed E-state index contributed by atoms with van der Waals surface area (Å²) in [5.74, 6) is 0.827. The number of carbonyl (C=O) groups excluding carboxylic acids is 1. The Balaban J connectivity index is 1.72. The summed E-state index contributed by atoms with van der Waals surface area (Å²) in [5.41, 5.74) is 3.11. The van der Waals surface area contributed by atoms with E-state index in [0.29, 0.717) is 17.2 Å². The highest BCUT2D eigenvalue weighted by molar-refractivity contribution is 5.99. The summed E-state index contributed by atoms with van der Waals surface area (Å²) in [5, 5.41) is 12.2. The Hall–Kier alpha value is -3.11. The van der Waals surface area contributed by atoms with Crippen LogP contribution < -0.4 is 10.1 Å². The number of hydrogen-bond donors (Lipinski definition) is 2. The predicted molar refractivity (Wildman–Crippen MR) is 95.8 cm³/mol. The lowest BCUT2D eigenvalue weighted by atomic mass is 9.87. The van der Waals surface area contributed by atoms with E-state index in [1.165, 1.54) is 0 Å². The fourth-order valence-electron chi connectivity index (χ4n) is 3.15. The normalized spacial score (nSPS) is 12.7. The Labute approximate surface area is 145 Å². The molecule has 0 bridgehead atoms. The van der Waals surface area contributed by atoms with Gasteiger partial charge >= 0.3 is 0 Å². The molecule has 1 aliphatic rings. The van der Waals surface area contributed by atoms with E-state index in [0.717, 1.165) is 16.7 Å². The number of benzene rings is 3. The van der Waals surface area contributed by atoms with Crippen molar-refractivity contribution in [3.63, 3.8) is 0 Å². The van der Waals surface area contributed by atoms with Crippen molar-refractivity contribution < 1.29 is 14.6 Å². The van der Waals surface area contributed by atoms with Gasteiger partial charge in [0.1, 0.15) is 11.5 Å². The topological polar surface area (TPSA) is 58.6 Å². The second kappa shape index (κ2) is 6.42. The fourth-order valence-corrected chi connectivity index (χ4v) is 3.15. The first-order valence-corrected chi connectivity index (χ1v) is 8.12. The molecule has 0 saturated heterocycles. The average Bonchev–Trinajstić information content (AvgIpc) is 2.66. The summed E-state index contributed by atoms with van der Waals surface area (Å²) in [6.07, 6.45) is 0. The standard InChI is InChI=1S/C21H17NO3/c23-13-14-6-5-7-15(12-14)22-21(24)20-16-8-1-3-10-18(16)25-19-11-4-2-9-17(19)20/h1-12,20,23H,13H2,(H,22,24). The second-order valence-electron chi connectivity index (χ2n) is 5.96. The Morgan fingerprint density at radius 2 is 1.56 bits per heavy atom. The first-order valence-electron chi connectivity index (χ1n) is 8.12. The molecule has 0 unspecified atom stereocenters. The molecule has 4 rings (SSSR count). The van der Waals surface area contributed by atoms with Crippen molar-refractivity contribution in [3.05, 3.63) is 89.5 Å². The molecule has 2 N–H and O–H groups in total. The molecule has 4 heteroatoms. The van der Waals surface area contributed by atoms with Gasteiger partial charge in [0, 0.05) is 16.8 Å². The number of nitrogens with one attached hydrogen (secondary N) is 1. The molecule has 4 nitrogen and oxygen atoms in total. The van der Waals surface area contributed by atoms with E-state index in [4.69, 9.17) is 4.74 Å². The lowest BCUT2D eigenvalue weighted by Crippen LogP contribution is -2.25. The third kappa shape index (κ3) is 2.88. The highest BCUT2D eigenvalue weighted by atomic mass is 16.5. The molecule has 3 aromatic rings. The number of anilines is 1. The maximum absolute atomic E-state index is 13.1. The summed E-state index contributed by atoms with van der Waals surface area (Å²) in [6.45, 7) is -0.0629. The zero-order chi connectivity index (χ0) is 17.2. The molecule has 0 atom stereocenters. The number of aliphatic hydroxyl groups is 1. The lowest BCUT2D eigenvalue weighted by molar-refractivity contribution is -0.116. The van der Waals surface area contributed by atoms with Gasteiger partial charge in [0.25, 0.3) is 0 Å². The van der Waals surface area contributed by atoms with Gasteiger partial charge in [0.2, 0.25) is 5.91 Å². The summed E-state index contributed by atoms with van der Waals surface area (Å²) >= 11 is 0. The molecule has 0 aliphatic carbocycles. The Morgan fingerprint density at radius 1 is 0.920 bits per heavy atom. The molecule has 0 spiro atoms. The molecule has 0 fully saturated rings. The van der Waals surface area contributed by atoms with E-state index >= 15 is 0 Å². The van der Waals surface area contributed by atoms with E-state index in [1.807, 2.05) is 66.7 Å². The molecule has 1 aliphatic heterocycles. The molecule has 0 aromatic heterocycles. The number of aliphatic hydroxyl groups excluding tert-OH is 1. The fraction of sp³-hybridized carbons (Fsp3) is 0.0952. The number of ether oxygens (including phenoxy) is 1. The van der Waals surface area contributed by atoms with Crippen molar-refractivity contribution >= 4 is 11.6 Å². The summed E-state index contributed by atoms with van der Waals surface area (Å²) < 4.78 is 5.93. The monoisotopic (exact) mass is 331 g/mol. The molecule has 1 heterocycles. The van der Waals surface area contributed by atoms with Gasteiger partial charge in [-0.1, -0.05) is 48.5 Å². The van der Waals surface area contributed by atoms with Crippen LogP contribution in [-0.4, -0.2) is 11.0 Å². The van der Waals surface area contributed by atoms with Crippen molar-refractivity contribution in [2.45, 2.75) is 12.5 Å². The van der Waals surface area contributed by atoms with Crippen LogP contribution in [-0.2, 0) is 11.4 Å². The van der Waals surface area contributed by atoms with Gasteiger partial charge in [-0.05, 0) is 29.8 Å². The third-order valence-corrected chi connectivity index (χ3v) is 4.32. The lowest BCUT2D eigenvalue weighted by Gasteiger charge is -2.27. The highest BCUT2D eigenvalue weighted by Crippen LogP contribution is 2.44. The van der Waals surface area contributed by atoms with Crippen LogP contribution in [0.3, 0.4) is 0 Å². The Morgan fingerprint density at radius 3 is 2.20 bits per heavy atom. The molecular weight excluding hydrogens is 314 g/mol. The van der Waals surface area contributed by atoms with Crippen LogP contribution in [0, 0.1) is 0 Å². The molecule has 0 radical (unpaired) electrons. The zero-order valence-electron chi connectivity index (χ0n) is 13.5. The molecule has 124 valence electrons. The molecular formula is C21H17NO3. The van der Waals surface area contributed by atoms with Gasteiger partial charge < -0.3 is 15.2 Å². The van der Waals surface area contributed by atoms with Crippen molar-refractivity contribution in [3.8, 4) is 11.5 Å². The molecule has 1 amide bonds. The number of para-hydroxylation sites is 2. The smallest absolute Gasteiger partial charge is 0.236 e. The minimum atomic E-state index is -0.445. The minimum Gasteiger partial charge on any atom is -0.457 e.